The monoisotopic (exact) mass is 220 g/mol. The summed E-state index contributed by atoms with van der Waals surface area (Å²) in [6.45, 7) is 5.92. The second-order valence-corrected chi connectivity index (χ2v) is 4.31. The number of carbonyl (C=O) groups is 1. The predicted molar refractivity (Wildman–Crippen MR) is 63.0 cm³/mol. The number of fused-ring (bicyclic) bond motifs is 1. The van der Waals surface area contributed by atoms with Gasteiger partial charge < -0.3 is 4.74 Å². The van der Waals surface area contributed by atoms with E-state index in [4.69, 9.17) is 0 Å². The van der Waals surface area contributed by atoms with Crippen molar-refractivity contribution in [2.24, 2.45) is 4.99 Å². The number of carbonyl (C=O) groups excluding carboxylic acids is 1. The lowest BCUT2D eigenvalue weighted by molar-refractivity contribution is -0.138. The largest absolute Gasteiger partial charge is 0.462 e. The van der Waals surface area contributed by atoms with Crippen molar-refractivity contribution in [3.63, 3.8) is 0 Å². The van der Waals surface area contributed by atoms with Gasteiger partial charge in [0.05, 0.1) is 11.4 Å². The quantitative estimate of drug-likeness (QED) is 0.682. The normalized spacial score (nSPS) is 12.4. The van der Waals surface area contributed by atoms with Gasteiger partial charge in [-0.2, -0.15) is 0 Å². The highest BCUT2D eigenvalue weighted by atomic mass is 16.5. The topological polar surface area (TPSA) is 51.6 Å². The van der Waals surface area contributed by atoms with E-state index in [9.17, 15) is 4.79 Å². The van der Waals surface area contributed by atoms with E-state index in [-0.39, 0.29) is 5.60 Å². The fourth-order valence-corrected chi connectivity index (χ4v) is 1.08. The van der Waals surface area contributed by atoms with Crippen LogP contribution in [0, 0.1) is 0 Å². The van der Waals surface area contributed by atoms with Crippen molar-refractivity contribution in [3.8, 4) is 0 Å². The molecule has 1 aromatic rings. The van der Waals surface area contributed by atoms with E-state index < -0.39 is 0 Å². The smallest absolute Gasteiger partial charge is 0.293 e. The number of nitrogens with zero attached hydrogens (tertiary/aromatic N) is 2. The molecule has 1 aromatic heterocycles. The van der Waals surface area contributed by atoms with E-state index in [1.54, 1.807) is 6.20 Å². The minimum absolute atomic E-state index is 0.318. The fraction of sp³-hybridized carbons (Fsp3) is 0.417. The van der Waals surface area contributed by atoms with Crippen LogP contribution in [-0.2, 0) is 16.0 Å². The van der Waals surface area contributed by atoms with E-state index in [2.05, 4.69) is 14.7 Å². The van der Waals surface area contributed by atoms with Crippen molar-refractivity contribution < 1.29 is 9.53 Å². The summed E-state index contributed by atoms with van der Waals surface area (Å²) in [6, 6.07) is 3.88. The Labute approximate surface area is 95.4 Å². The third kappa shape index (κ3) is 4.21. The minimum atomic E-state index is -0.318. The maximum Gasteiger partial charge on any atom is 0.293 e. The number of aliphatic imine (C=N–C) groups is 1. The van der Waals surface area contributed by atoms with Gasteiger partial charge in [-0.05, 0) is 32.9 Å². The maximum atomic E-state index is 9.60. The average Bonchev–Trinajstić information content (AvgIpc) is 2.64. The number of hydrogen-bond acceptors (Lipinski definition) is 4. The molecule has 16 heavy (non-hydrogen) atoms. The molecule has 0 unspecified atom stereocenters. The summed E-state index contributed by atoms with van der Waals surface area (Å²) in [5.41, 5.74) is 1.80. The molecule has 4 heteroatoms. The molecule has 4 nitrogen and oxygen atoms in total. The molecule has 0 bridgehead atoms. The summed E-state index contributed by atoms with van der Waals surface area (Å²) in [7, 11) is 0. The van der Waals surface area contributed by atoms with Gasteiger partial charge in [-0.3, -0.25) is 14.8 Å². The van der Waals surface area contributed by atoms with Gasteiger partial charge in [0.25, 0.3) is 6.47 Å². The van der Waals surface area contributed by atoms with Gasteiger partial charge in [0.2, 0.25) is 0 Å². The van der Waals surface area contributed by atoms with Gasteiger partial charge in [-0.25, -0.2) is 0 Å². The molecular formula is C12H16N2O2. The standard InChI is InChI=1S/C7H6N2.C5H10O2/c1-2-6-7(8-4-1)3-5-9-6;1-5(2,3)7-4-6/h1-2,4-5H,3H2;4H,1-3H3. The molecule has 0 atom stereocenters. The van der Waals surface area contributed by atoms with Crippen LogP contribution in [0.25, 0.3) is 0 Å². The van der Waals surface area contributed by atoms with Crippen molar-refractivity contribution in [3.05, 3.63) is 24.0 Å². The SMILES string of the molecule is C1=Nc2cccnc2C1.CC(C)(C)OC=O. The van der Waals surface area contributed by atoms with Crippen molar-refractivity contribution >= 4 is 18.4 Å². The first-order chi connectivity index (χ1) is 7.53. The van der Waals surface area contributed by atoms with Crippen LogP contribution in [-0.4, -0.2) is 23.3 Å². The van der Waals surface area contributed by atoms with Crippen LogP contribution in [0.3, 0.4) is 0 Å². The van der Waals surface area contributed by atoms with Gasteiger partial charge in [-0.15, -0.1) is 0 Å². The number of hydrogen-bond donors (Lipinski definition) is 0. The van der Waals surface area contributed by atoms with Crippen LogP contribution >= 0.6 is 0 Å². The van der Waals surface area contributed by atoms with Gasteiger partial charge in [-0.1, -0.05) is 0 Å². The van der Waals surface area contributed by atoms with E-state index in [1.165, 1.54) is 0 Å². The van der Waals surface area contributed by atoms with Crippen molar-refractivity contribution in [1.29, 1.82) is 0 Å². The summed E-state index contributed by atoms with van der Waals surface area (Å²) in [4.78, 5) is 17.8. The summed E-state index contributed by atoms with van der Waals surface area (Å²) in [6.07, 6.45) is 4.58. The molecule has 1 aliphatic rings. The fourth-order valence-electron chi connectivity index (χ4n) is 1.08. The molecule has 0 saturated carbocycles. The zero-order valence-electron chi connectivity index (χ0n) is 9.80. The Morgan fingerprint density at radius 3 is 2.69 bits per heavy atom. The van der Waals surface area contributed by atoms with Crippen LogP contribution < -0.4 is 0 Å². The Kier molecular flexibility index (Phi) is 4.17. The first-order valence-corrected chi connectivity index (χ1v) is 5.11. The molecule has 0 N–H and O–H groups in total. The van der Waals surface area contributed by atoms with Crippen molar-refractivity contribution in [2.45, 2.75) is 32.8 Å². The molecule has 0 radical (unpaired) electrons. The Bertz CT molecular complexity index is 381. The molecule has 1 aliphatic heterocycles. The Morgan fingerprint density at radius 2 is 2.19 bits per heavy atom. The Morgan fingerprint density at radius 1 is 1.44 bits per heavy atom. The molecule has 0 aromatic carbocycles. The number of aromatic nitrogens is 1. The third-order valence-corrected chi connectivity index (χ3v) is 1.78. The molecule has 0 spiro atoms. The molecule has 0 amide bonds. The summed E-state index contributed by atoms with van der Waals surface area (Å²) in [5.74, 6) is 0. The number of ether oxygens (including phenoxy) is 1. The van der Waals surface area contributed by atoms with Crippen molar-refractivity contribution in [2.75, 3.05) is 0 Å². The second-order valence-electron chi connectivity index (χ2n) is 4.31. The van der Waals surface area contributed by atoms with Gasteiger partial charge in [0, 0.05) is 18.8 Å². The molecule has 0 fully saturated rings. The first kappa shape index (κ1) is 12.4. The minimum Gasteiger partial charge on any atom is -0.462 e. The van der Waals surface area contributed by atoms with Crippen LogP contribution in [0.4, 0.5) is 5.69 Å². The van der Waals surface area contributed by atoms with Crippen LogP contribution in [0.5, 0.6) is 0 Å². The first-order valence-electron chi connectivity index (χ1n) is 5.11. The molecule has 86 valence electrons. The maximum absolute atomic E-state index is 9.60. The van der Waals surface area contributed by atoms with Crippen LogP contribution in [0.2, 0.25) is 0 Å². The van der Waals surface area contributed by atoms with Crippen LogP contribution in [0.1, 0.15) is 26.5 Å². The summed E-state index contributed by atoms with van der Waals surface area (Å²) >= 11 is 0. The summed E-state index contributed by atoms with van der Waals surface area (Å²) < 4.78 is 4.55. The highest BCUT2D eigenvalue weighted by Gasteiger charge is 2.07. The zero-order chi connectivity index (χ0) is 12.0. The summed E-state index contributed by atoms with van der Waals surface area (Å²) in [5, 5.41) is 0. The molecule has 0 saturated heterocycles. The lowest BCUT2D eigenvalue weighted by atomic mass is 10.2. The van der Waals surface area contributed by atoms with E-state index in [0.717, 1.165) is 17.8 Å². The molecular weight excluding hydrogens is 204 g/mol. The van der Waals surface area contributed by atoms with E-state index >= 15 is 0 Å². The van der Waals surface area contributed by atoms with E-state index in [1.807, 2.05) is 39.1 Å². The third-order valence-electron chi connectivity index (χ3n) is 1.78. The highest BCUT2D eigenvalue weighted by molar-refractivity contribution is 5.73. The zero-order valence-corrected chi connectivity index (χ0v) is 9.80. The molecule has 2 heterocycles. The van der Waals surface area contributed by atoms with Crippen LogP contribution in [0.15, 0.2) is 23.3 Å². The predicted octanol–water partition coefficient (Wildman–Crippen LogP) is 2.30. The van der Waals surface area contributed by atoms with Crippen molar-refractivity contribution in [1.82, 2.24) is 4.98 Å². The lowest BCUT2D eigenvalue weighted by Gasteiger charge is -2.14. The average molecular weight is 220 g/mol. The Hall–Kier alpha value is -1.71. The molecule has 2 rings (SSSR count). The lowest BCUT2D eigenvalue weighted by Crippen LogP contribution is -2.17. The van der Waals surface area contributed by atoms with Gasteiger partial charge in [0.15, 0.2) is 0 Å². The van der Waals surface area contributed by atoms with Gasteiger partial charge in [0.1, 0.15) is 5.60 Å². The molecule has 0 aliphatic carbocycles. The van der Waals surface area contributed by atoms with Gasteiger partial charge >= 0.3 is 0 Å². The number of rotatable bonds is 1. The Balaban J connectivity index is 0.000000168. The second kappa shape index (κ2) is 5.39. The van der Waals surface area contributed by atoms with E-state index in [0.29, 0.717) is 6.47 Å². The number of pyridine rings is 1. The highest BCUT2D eigenvalue weighted by Crippen LogP contribution is 2.19.